The van der Waals surface area contributed by atoms with Gasteiger partial charge >= 0.3 is 0 Å². The van der Waals surface area contributed by atoms with Crippen LogP contribution in [0, 0.1) is 13.8 Å². The molecule has 2 aliphatic rings. The zero-order valence-corrected chi connectivity index (χ0v) is 19.0. The van der Waals surface area contributed by atoms with Gasteiger partial charge in [-0.2, -0.15) is 0 Å². The molecule has 1 fully saturated rings. The Morgan fingerprint density at radius 1 is 1.21 bits per heavy atom. The molecule has 0 spiro atoms. The summed E-state index contributed by atoms with van der Waals surface area (Å²) in [5, 5.41) is 16.4. The molecule has 2 N–H and O–H groups in total. The van der Waals surface area contributed by atoms with Crippen LogP contribution >= 0.6 is 0 Å². The quantitative estimate of drug-likeness (QED) is 0.656. The number of aliphatic hydroxyl groups excluding tert-OH is 1. The molecule has 3 unspecified atom stereocenters. The largest absolute Gasteiger partial charge is 0.497 e. The minimum atomic E-state index is -0.303. The second kappa shape index (κ2) is 10.3. The summed E-state index contributed by atoms with van der Waals surface area (Å²) in [6, 6.07) is 9.33. The van der Waals surface area contributed by atoms with Crippen molar-refractivity contribution in [3.05, 3.63) is 58.4 Å². The predicted molar refractivity (Wildman–Crippen MR) is 120 cm³/mol. The molecule has 33 heavy (non-hydrogen) atoms. The zero-order chi connectivity index (χ0) is 23.4. The van der Waals surface area contributed by atoms with E-state index in [1.54, 1.807) is 13.2 Å². The van der Waals surface area contributed by atoms with Gasteiger partial charge in [0.1, 0.15) is 23.7 Å². The SMILES string of the molecule is COc1cccc(CNC(=O)c2cc(C3=NOC(C4COC(CO)CO4)C3)nc(C)c2C)c1. The van der Waals surface area contributed by atoms with Crippen LogP contribution in [0.1, 0.15) is 39.3 Å². The van der Waals surface area contributed by atoms with E-state index in [2.05, 4.69) is 15.5 Å². The number of aromatic nitrogens is 1. The summed E-state index contributed by atoms with van der Waals surface area (Å²) in [6.45, 7) is 4.71. The first-order valence-corrected chi connectivity index (χ1v) is 10.9. The second-order valence-corrected chi connectivity index (χ2v) is 8.20. The van der Waals surface area contributed by atoms with E-state index in [1.165, 1.54) is 0 Å². The van der Waals surface area contributed by atoms with Crippen LogP contribution in [0.4, 0.5) is 0 Å². The number of rotatable bonds is 7. The zero-order valence-electron chi connectivity index (χ0n) is 19.0. The standard InChI is InChI=1S/C24H29N3O6/c1-14-15(2)26-20(21-9-22(33-27-21)23-13-31-18(11-28)12-32-23)8-19(14)24(29)25-10-16-5-4-6-17(7-16)30-3/h4-8,18,22-23,28H,9-13H2,1-3H3,(H,25,29). The molecule has 3 heterocycles. The van der Waals surface area contributed by atoms with Gasteiger partial charge < -0.3 is 29.5 Å². The molecular weight excluding hydrogens is 426 g/mol. The highest BCUT2D eigenvalue weighted by molar-refractivity contribution is 6.03. The highest BCUT2D eigenvalue weighted by Gasteiger charge is 2.35. The first-order valence-electron chi connectivity index (χ1n) is 10.9. The maximum absolute atomic E-state index is 13.0. The molecule has 9 heteroatoms. The molecule has 0 radical (unpaired) electrons. The van der Waals surface area contributed by atoms with E-state index in [-0.39, 0.29) is 30.8 Å². The number of methoxy groups -OCH3 is 1. The van der Waals surface area contributed by atoms with Gasteiger partial charge in [0.15, 0.2) is 6.10 Å². The van der Waals surface area contributed by atoms with Gasteiger partial charge in [0, 0.05) is 24.2 Å². The molecule has 1 saturated heterocycles. The Hall–Kier alpha value is -3.01. The van der Waals surface area contributed by atoms with Gasteiger partial charge in [-0.3, -0.25) is 9.78 Å². The van der Waals surface area contributed by atoms with E-state index >= 15 is 0 Å². The topological polar surface area (TPSA) is 112 Å². The van der Waals surface area contributed by atoms with Crippen molar-refractivity contribution in [2.75, 3.05) is 26.9 Å². The number of carbonyl (C=O) groups excluding carboxylic acids is 1. The van der Waals surface area contributed by atoms with E-state index in [0.29, 0.717) is 43.1 Å². The third kappa shape index (κ3) is 5.32. The lowest BCUT2D eigenvalue weighted by atomic mass is 10.0. The Kier molecular flexibility index (Phi) is 7.22. The van der Waals surface area contributed by atoms with Crippen molar-refractivity contribution in [3.63, 3.8) is 0 Å². The summed E-state index contributed by atoms with van der Waals surface area (Å²) >= 11 is 0. The minimum Gasteiger partial charge on any atom is -0.497 e. The van der Waals surface area contributed by atoms with Gasteiger partial charge in [0.05, 0.1) is 32.6 Å². The molecule has 3 atom stereocenters. The van der Waals surface area contributed by atoms with Crippen LogP contribution in [-0.4, -0.2) is 67.0 Å². The number of nitrogens with one attached hydrogen (secondary N) is 1. The molecule has 2 aromatic rings. The van der Waals surface area contributed by atoms with E-state index in [1.807, 2.05) is 38.1 Å². The first-order chi connectivity index (χ1) is 16.0. The van der Waals surface area contributed by atoms with E-state index in [0.717, 1.165) is 22.6 Å². The smallest absolute Gasteiger partial charge is 0.251 e. The average molecular weight is 456 g/mol. The molecule has 9 nitrogen and oxygen atoms in total. The highest BCUT2D eigenvalue weighted by Crippen LogP contribution is 2.24. The highest BCUT2D eigenvalue weighted by atomic mass is 16.7. The van der Waals surface area contributed by atoms with E-state index < -0.39 is 0 Å². The summed E-state index contributed by atoms with van der Waals surface area (Å²) in [4.78, 5) is 23.2. The van der Waals surface area contributed by atoms with Crippen LogP contribution in [0.25, 0.3) is 0 Å². The van der Waals surface area contributed by atoms with Gasteiger partial charge in [-0.1, -0.05) is 17.3 Å². The molecule has 1 amide bonds. The number of nitrogens with zero attached hydrogens (tertiary/aromatic N) is 2. The Morgan fingerprint density at radius 3 is 2.79 bits per heavy atom. The van der Waals surface area contributed by atoms with Gasteiger partial charge in [0.2, 0.25) is 0 Å². The van der Waals surface area contributed by atoms with Crippen LogP contribution in [-0.2, 0) is 20.9 Å². The fraction of sp³-hybridized carbons (Fsp3) is 0.458. The summed E-state index contributed by atoms with van der Waals surface area (Å²) in [7, 11) is 1.61. The van der Waals surface area contributed by atoms with Gasteiger partial charge in [0.25, 0.3) is 5.91 Å². The number of pyridine rings is 1. The molecule has 2 aliphatic heterocycles. The van der Waals surface area contributed by atoms with Crippen LogP contribution in [0.2, 0.25) is 0 Å². The predicted octanol–water partition coefficient (Wildman–Crippen LogP) is 1.91. The molecule has 4 rings (SSSR count). The number of hydrogen-bond donors (Lipinski definition) is 2. The Balaban J connectivity index is 1.43. The number of aryl methyl sites for hydroxylation is 1. The lowest BCUT2D eigenvalue weighted by Gasteiger charge is -2.30. The molecular formula is C24H29N3O6. The second-order valence-electron chi connectivity index (χ2n) is 8.20. The summed E-state index contributed by atoms with van der Waals surface area (Å²) in [5.41, 5.74) is 4.34. The lowest BCUT2D eigenvalue weighted by molar-refractivity contribution is -0.178. The number of ether oxygens (including phenoxy) is 3. The van der Waals surface area contributed by atoms with Crippen molar-refractivity contribution in [1.29, 1.82) is 0 Å². The van der Waals surface area contributed by atoms with Gasteiger partial charge in [-0.15, -0.1) is 0 Å². The number of oxime groups is 1. The average Bonchev–Trinajstić information content (AvgIpc) is 3.34. The molecule has 176 valence electrons. The number of aliphatic hydroxyl groups is 1. The van der Waals surface area contributed by atoms with Crippen LogP contribution < -0.4 is 10.1 Å². The molecule has 0 aliphatic carbocycles. The van der Waals surface area contributed by atoms with Gasteiger partial charge in [-0.05, 0) is 43.2 Å². The Bertz CT molecular complexity index is 1030. The van der Waals surface area contributed by atoms with Crippen LogP contribution in [0.3, 0.4) is 0 Å². The number of carbonyl (C=O) groups is 1. The van der Waals surface area contributed by atoms with Crippen molar-refractivity contribution in [2.45, 2.75) is 45.1 Å². The molecule has 0 bridgehead atoms. The van der Waals surface area contributed by atoms with Crippen molar-refractivity contribution in [1.82, 2.24) is 10.3 Å². The molecule has 1 aromatic heterocycles. The van der Waals surface area contributed by atoms with Crippen molar-refractivity contribution < 1.29 is 28.9 Å². The third-order valence-corrected chi connectivity index (χ3v) is 5.95. The van der Waals surface area contributed by atoms with Crippen molar-refractivity contribution >= 4 is 11.6 Å². The minimum absolute atomic E-state index is 0.0742. The van der Waals surface area contributed by atoms with Crippen molar-refractivity contribution in [3.8, 4) is 5.75 Å². The Labute approximate surface area is 192 Å². The maximum Gasteiger partial charge on any atom is 0.251 e. The molecule has 1 aromatic carbocycles. The summed E-state index contributed by atoms with van der Waals surface area (Å²) < 4.78 is 16.6. The fourth-order valence-electron chi connectivity index (χ4n) is 3.81. The van der Waals surface area contributed by atoms with E-state index in [4.69, 9.17) is 19.0 Å². The third-order valence-electron chi connectivity index (χ3n) is 5.95. The molecule has 0 saturated carbocycles. The number of benzene rings is 1. The van der Waals surface area contributed by atoms with Crippen LogP contribution in [0.15, 0.2) is 35.5 Å². The fourth-order valence-corrected chi connectivity index (χ4v) is 3.81. The monoisotopic (exact) mass is 455 g/mol. The normalized spacial score (nSPS) is 22.4. The van der Waals surface area contributed by atoms with Crippen molar-refractivity contribution in [2.24, 2.45) is 5.16 Å². The van der Waals surface area contributed by atoms with Gasteiger partial charge in [-0.25, -0.2) is 0 Å². The number of hydrogen-bond acceptors (Lipinski definition) is 8. The van der Waals surface area contributed by atoms with Crippen LogP contribution in [0.5, 0.6) is 5.75 Å². The first kappa shape index (κ1) is 23.2. The lowest BCUT2D eigenvalue weighted by Crippen LogP contribution is -2.43. The Morgan fingerprint density at radius 2 is 2.06 bits per heavy atom. The summed E-state index contributed by atoms with van der Waals surface area (Å²) in [6.07, 6.45) is -0.375. The summed E-state index contributed by atoms with van der Waals surface area (Å²) in [5.74, 6) is 0.560. The maximum atomic E-state index is 13.0. The number of amides is 1. The van der Waals surface area contributed by atoms with E-state index in [9.17, 15) is 9.90 Å².